The van der Waals surface area contributed by atoms with Gasteiger partial charge in [-0.05, 0) is 51.4 Å². The Balaban J connectivity index is 0.00000363. The largest absolute Gasteiger partial charge is 0.490 e. The van der Waals surface area contributed by atoms with E-state index in [0.717, 1.165) is 55.0 Å². The standard InChI is InChI=1S/C23H38N4O4.HI/c1-27(2)20(18-6-7-18)17-25-23(24-10-4-11-29-15-14-28-3)26-19-8-9-21-22(16-19)31-13-5-12-30-21;/h8-9,16,18,20H,4-7,10-15,17H2,1-3H3,(H2,24,25,26);1H. The number of guanidine groups is 1. The first kappa shape index (κ1) is 26.9. The molecule has 3 rings (SSSR count). The summed E-state index contributed by atoms with van der Waals surface area (Å²) in [4.78, 5) is 7.19. The van der Waals surface area contributed by atoms with Crippen molar-refractivity contribution in [3.8, 4) is 11.5 Å². The normalized spacial score (nSPS) is 16.8. The van der Waals surface area contributed by atoms with E-state index in [1.807, 2.05) is 18.2 Å². The van der Waals surface area contributed by atoms with Gasteiger partial charge in [-0.3, -0.25) is 4.99 Å². The summed E-state index contributed by atoms with van der Waals surface area (Å²) in [6, 6.07) is 6.41. The summed E-state index contributed by atoms with van der Waals surface area (Å²) in [7, 11) is 5.96. The van der Waals surface area contributed by atoms with Gasteiger partial charge in [-0.15, -0.1) is 24.0 Å². The molecule has 0 bridgehead atoms. The van der Waals surface area contributed by atoms with Crippen LogP contribution in [-0.4, -0.2) is 84.2 Å². The van der Waals surface area contributed by atoms with Crippen LogP contribution in [0.15, 0.2) is 23.2 Å². The minimum atomic E-state index is 0. The van der Waals surface area contributed by atoms with Crippen LogP contribution >= 0.6 is 24.0 Å². The third-order valence-corrected chi connectivity index (χ3v) is 5.47. The van der Waals surface area contributed by atoms with E-state index in [4.69, 9.17) is 23.9 Å². The molecule has 0 aromatic heterocycles. The molecular formula is C23H39IN4O4. The molecule has 9 heteroatoms. The lowest BCUT2D eigenvalue weighted by Gasteiger charge is -2.23. The molecule has 1 heterocycles. The van der Waals surface area contributed by atoms with E-state index in [2.05, 4.69) is 29.6 Å². The summed E-state index contributed by atoms with van der Waals surface area (Å²) in [6.07, 6.45) is 4.39. The lowest BCUT2D eigenvalue weighted by molar-refractivity contribution is 0.0699. The number of anilines is 1. The van der Waals surface area contributed by atoms with E-state index in [0.29, 0.717) is 39.1 Å². The van der Waals surface area contributed by atoms with Crippen LogP contribution in [0.5, 0.6) is 11.5 Å². The highest BCUT2D eigenvalue weighted by Crippen LogP contribution is 2.35. The average molecular weight is 562 g/mol. The van der Waals surface area contributed by atoms with Crippen molar-refractivity contribution in [3.63, 3.8) is 0 Å². The van der Waals surface area contributed by atoms with Gasteiger partial charge in [0.1, 0.15) is 0 Å². The number of hydrogen-bond donors (Lipinski definition) is 2. The maximum absolute atomic E-state index is 5.83. The first-order valence-corrected chi connectivity index (χ1v) is 11.4. The van der Waals surface area contributed by atoms with E-state index in [1.54, 1.807) is 7.11 Å². The highest BCUT2D eigenvalue weighted by Gasteiger charge is 2.32. The van der Waals surface area contributed by atoms with Gasteiger partial charge in [0.2, 0.25) is 0 Å². The molecule has 8 nitrogen and oxygen atoms in total. The third-order valence-electron chi connectivity index (χ3n) is 5.47. The molecular weight excluding hydrogens is 523 g/mol. The zero-order valence-electron chi connectivity index (χ0n) is 19.6. The molecule has 0 spiro atoms. The average Bonchev–Trinajstić information content (AvgIpc) is 3.60. The Morgan fingerprint density at radius 3 is 2.66 bits per heavy atom. The monoisotopic (exact) mass is 562 g/mol. The fourth-order valence-corrected chi connectivity index (χ4v) is 3.54. The number of hydrogen-bond acceptors (Lipinski definition) is 6. The van der Waals surface area contributed by atoms with E-state index in [9.17, 15) is 0 Å². The van der Waals surface area contributed by atoms with Crippen LogP contribution < -0.4 is 20.1 Å². The molecule has 1 fully saturated rings. The first-order valence-electron chi connectivity index (χ1n) is 11.4. The molecule has 1 unspecified atom stereocenters. The predicted molar refractivity (Wildman–Crippen MR) is 139 cm³/mol. The topological polar surface area (TPSA) is 76.6 Å². The molecule has 182 valence electrons. The number of nitrogens with zero attached hydrogens (tertiary/aromatic N) is 2. The molecule has 0 saturated heterocycles. The van der Waals surface area contributed by atoms with Gasteiger partial charge in [-0.25, -0.2) is 0 Å². The van der Waals surface area contributed by atoms with Gasteiger partial charge in [0.05, 0.1) is 33.0 Å². The SMILES string of the molecule is COCCOCCCNC(=NCC(C1CC1)N(C)C)Nc1ccc2c(c1)OCCCO2.I. The number of nitrogens with one attached hydrogen (secondary N) is 2. The quantitative estimate of drug-likeness (QED) is 0.175. The number of rotatable bonds is 12. The van der Waals surface area contributed by atoms with Crippen LogP contribution in [0.4, 0.5) is 5.69 Å². The Hall–Kier alpha value is -1.30. The second-order valence-electron chi connectivity index (χ2n) is 8.28. The molecule has 2 N–H and O–H groups in total. The zero-order chi connectivity index (χ0) is 21.9. The van der Waals surface area contributed by atoms with Crippen molar-refractivity contribution in [2.24, 2.45) is 10.9 Å². The molecule has 1 aromatic rings. The smallest absolute Gasteiger partial charge is 0.195 e. The summed E-state index contributed by atoms with van der Waals surface area (Å²) in [5.74, 6) is 3.10. The molecule has 1 aliphatic heterocycles. The maximum atomic E-state index is 5.83. The fraction of sp³-hybridized carbons (Fsp3) is 0.696. The van der Waals surface area contributed by atoms with Gasteiger partial charge in [0.25, 0.3) is 0 Å². The minimum absolute atomic E-state index is 0. The Kier molecular flexibility index (Phi) is 12.4. The van der Waals surface area contributed by atoms with Crippen LogP contribution in [0.1, 0.15) is 25.7 Å². The lowest BCUT2D eigenvalue weighted by Crippen LogP contribution is -2.36. The van der Waals surface area contributed by atoms with Crippen LogP contribution in [-0.2, 0) is 9.47 Å². The highest BCUT2D eigenvalue weighted by atomic mass is 127. The van der Waals surface area contributed by atoms with E-state index in [1.165, 1.54) is 12.8 Å². The first-order chi connectivity index (χ1) is 15.2. The molecule has 1 aliphatic carbocycles. The summed E-state index contributed by atoms with van der Waals surface area (Å²) < 4.78 is 22.1. The molecule has 0 amide bonds. The molecule has 1 saturated carbocycles. The Morgan fingerprint density at radius 2 is 1.94 bits per heavy atom. The molecule has 1 aromatic carbocycles. The van der Waals surface area contributed by atoms with E-state index in [-0.39, 0.29) is 24.0 Å². The second-order valence-corrected chi connectivity index (χ2v) is 8.28. The van der Waals surface area contributed by atoms with Gasteiger partial charge in [-0.1, -0.05) is 0 Å². The van der Waals surface area contributed by atoms with Crippen molar-refractivity contribution in [2.75, 3.05) is 72.6 Å². The number of fused-ring (bicyclic) bond motifs is 1. The number of aliphatic imine (C=N–C) groups is 1. The lowest BCUT2D eigenvalue weighted by atomic mass is 10.2. The van der Waals surface area contributed by atoms with Crippen molar-refractivity contribution in [3.05, 3.63) is 18.2 Å². The summed E-state index contributed by atoms with van der Waals surface area (Å²) in [5.41, 5.74) is 0.930. The van der Waals surface area contributed by atoms with Gasteiger partial charge >= 0.3 is 0 Å². The number of ether oxygens (including phenoxy) is 4. The van der Waals surface area contributed by atoms with Crippen molar-refractivity contribution in [1.29, 1.82) is 0 Å². The van der Waals surface area contributed by atoms with Crippen LogP contribution in [0.25, 0.3) is 0 Å². The highest BCUT2D eigenvalue weighted by molar-refractivity contribution is 14.0. The van der Waals surface area contributed by atoms with Crippen molar-refractivity contribution >= 4 is 35.6 Å². The second kappa shape index (κ2) is 14.8. The van der Waals surface area contributed by atoms with Gasteiger partial charge < -0.3 is 34.5 Å². The Morgan fingerprint density at radius 1 is 1.16 bits per heavy atom. The Labute approximate surface area is 209 Å². The van der Waals surface area contributed by atoms with Crippen molar-refractivity contribution in [2.45, 2.75) is 31.7 Å². The zero-order valence-corrected chi connectivity index (χ0v) is 21.9. The predicted octanol–water partition coefficient (Wildman–Crippen LogP) is 3.22. The van der Waals surface area contributed by atoms with Gasteiger partial charge in [-0.2, -0.15) is 0 Å². The maximum Gasteiger partial charge on any atom is 0.195 e. The molecule has 1 atom stereocenters. The van der Waals surface area contributed by atoms with Crippen LogP contribution in [0.2, 0.25) is 0 Å². The van der Waals surface area contributed by atoms with Gasteiger partial charge in [0.15, 0.2) is 17.5 Å². The van der Waals surface area contributed by atoms with Crippen LogP contribution in [0, 0.1) is 5.92 Å². The van der Waals surface area contributed by atoms with Crippen molar-refractivity contribution < 1.29 is 18.9 Å². The van der Waals surface area contributed by atoms with E-state index >= 15 is 0 Å². The molecule has 32 heavy (non-hydrogen) atoms. The Bertz CT molecular complexity index is 699. The minimum Gasteiger partial charge on any atom is -0.490 e. The number of benzene rings is 1. The summed E-state index contributed by atoms with van der Waals surface area (Å²) >= 11 is 0. The summed E-state index contributed by atoms with van der Waals surface area (Å²) in [6.45, 7) is 4.84. The van der Waals surface area contributed by atoms with Crippen LogP contribution in [0.3, 0.4) is 0 Å². The number of methoxy groups -OCH3 is 1. The van der Waals surface area contributed by atoms with Crippen molar-refractivity contribution in [1.82, 2.24) is 10.2 Å². The van der Waals surface area contributed by atoms with Gasteiger partial charge in [0, 0.05) is 44.5 Å². The third kappa shape index (κ3) is 9.29. The number of halogens is 1. The fourth-order valence-electron chi connectivity index (χ4n) is 3.54. The molecule has 2 aliphatic rings. The number of likely N-dealkylation sites (N-methyl/N-ethyl adjacent to an activating group) is 1. The summed E-state index contributed by atoms with van der Waals surface area (Å²) in [5, 5.41) is 6.88. The van der Waals surface area contributed by atoms with E-state index < -0.39 is 0 Å². The molecule has 0 radical (unpaired) electrons.